The predicted octanol–water partition coefficient (Wildman–Crippen LogP) is 1.29. The highest BCUT2D eigenvalue weighted by molar-refractivity contribution is 5.97. The summed E-state index contributed by atoms with van der Waals surface area (Å²) in [6.07, 6.45) is 7.94. The molecule has 0 saturated carbocycles. The fourth-order valence-corrected chi connectivity index (χ4v) is 8.32. The maximum atomic E-state index is 14.7. The topological polar surface area (TPSA) is 327 Å². The summed E-state index contributed by atoms with van der Waals surface area (Å²) in [6.45, 7) is 0.441. The van der Waals surface area contributed by atoms with Crippen LogP contribution in [0.4, 0.5) is 0 Å². The number of imidazole rings is 1. The van der Waals surface area contributed by atoms with Gasteiger partial charge in [0.25, 0.3) is 0 Å². The second kappa shape index (κ2) is 25.4. The first-order chi connectivity index (χ1) is 33.3. The van der Waals surface area contributed by atoms with Crippen LogP contribution in [-0.2, 0) is 52.8 Å². The van der Waals surface area contributed by atoms with Gasteiger partial charge in [-0.05, 0) is 72.9 Å². The van der Waals surface area contributed by atoms with E-state index in [-0.39, 0.29) is 69.8 Å². The molecule has 3 heterocycles. The lowest BCUT2D eigenvalue weighted by Gasteiger charge is -2.27. The molecule has 14 N–H and O–H groups in total. The van der Waals surface area contributed by atoms with Crippen molar-refractivity contribution in [3.05, 3.63) is 102 Å². The molecule has 1 fully saturated rings. The number of carbonyl (C=O) groups excluding carboxylic acids is 7. The highest BCUT2D eigenvalue weighted by Gasteiger charge is 2.33. The molecule has 0 spiro atoms. The van der Waals surface area contributed by atoms with Gasteiger partial charge in [0.05, 0.1) is 6.33 Å². The van der Waals surface area contributed by atoms with E-state index in [0.29, 0.717) is 55.5 Å². The number of H-pyrrole nitrogens is 2. The molecule has 5 atom stereocenters. The number of benzene rings is 3. The van der Waals surface area contributed by atoms with Crippen LogP contribution < -0.4 is 49.1 Å². The van der Waals surface area contributed by atoms with Gasteiger partial charge in [-0.2, -0.15) is 0 Å². The molecule has 6 rings (SSSR count). The van der Waals surface area contributed by atoms with Gasteiger partial charge in [-0.3, -0.25) is 38.6 Å². The van der Waals surface area contributed by atoms with Gasteiger partial charge < -0.3 is 59.1 Å². The SMILES string of the molecule is NC(=O)[C@@H]1CCCCNC(=O)CCCCCC(=O)N[C@@H](Cc2cnc[nH]2)C(=O)N[C@H](Cc2ccc3ccccc3c2)C(=O)N[C@@H](CCCN=C(N)N)C(=O)N[C@@H](Cc2c[nH]c3ccccc23)C(=O)N1. The third kappa shape index (κ3) is 15.7. The first kappa shape index (κ1) is 50.6. The van der Waals surface area contributed by atoms with Crippen LogP contribution in [0, 0.1) is 0 Å². The number of aliphatic imine (C=N–C) groups is 1. The first-order valence-corrected chi connectivity index (χ1v) is 23.4. The number of aromatic amines is 2. The van der Waals surface area contributed by atoms with E-state index >= 15 is 0 Å². The third-order valence-corrected chi connectivity index (χ3v) is 12.0. The third-order valence-electron chi connectivity index (χ3n) is 12.0. The number of guanidine groups is 1. The fourth-order valence-electron chi connectivity index (χ4n) is 8.32. The van der Waals surface area contributed by atoms with Crippen LogP contribution >= 0.6 is 0 Å². The molecule has 3 aromatic carbocycles. The standard InChI is InChI=1S/C49H63N13O7/c50-44(65)37-15-8-9-21-54-42(63)17-2-1-3-18-43(64)58-41(26-34-28-53-29-57-34)48(69)61-39(24-30-19-20-31-11-4-5-12-32(31)23-30)46(67)60-38(16-10-22-55-49(51)52)45(66)62-40(47(68)59-37)25-33-27-56-36-14-7-6-13-35(33)36/h4-7,11-14,19-20,23,27-29,37-41,56H,1-3,8-10,15-18,21-22,24-26H2,(H2,50,65)(H,53,57)(H,54,63)(H,58,64)(H,59,68)(H,60,67)(H,61,69)(H,62,66)(H4,51,52,55)/t37-,38-,39+,40-,41-/m0/s1. The predicted molar refractivity (Wildman–Crippen MR) is 261 cm³/mol. The number of amides is 7. The van der Waals surface area contributed by atoms with E-state index in [4.69, 9.17) is 17.2 Å². The van der Waals surface area contributed by atoms with E-state index in [1.165, 1.54) is 12.5 Å². The molecule has 5 aromatic rings. The Balaban J connectivity index is 1.34. The van der Waals surface area contributed by atoms with Gasteiger partial charge in [0.2, 0.25) is 41.4 Å². The summed E-state index contributed by atoms with van der Waals surface area (Å²) in [5.74, 6) is -4.30. The maximum absolute atomic E-state index is 14.7. The van der Waals surface area contributed by atoms with Crippen molar-refractivity contribution in [3.63, 3.8) is 0 Å². The molecular formula is C49H63N13O7. The minimum Gasteiger partial charge on any atom is -0.370 e. The minimum absolute atomic E-state index is 0.00533. The summed E-state index contributed by atoms with van der Waals surface area (Å²) in [6, 6.07) is 14.7. The number of aromatic nitrogens is 3. The van der Waals surface area contributed by atoms with Crippen LogP contribution in [0.1, 0.15) is 81.0 Å². The van der Waals surface area contributed by atoms with Gasteiger partial charge in [-0.1, -0.05) is 67.1 Å². The number of nitrogens with zero attached hydrogens (tertiary/aromatic N) is 2. The summed E-state index contributed by atoms with van der Waals surface area (Å²) in [4.78, 5) is 111. The molecule has 2 aromatic heterocycles. The van der Waals surface area contributed by atoms with Crippen LogP contribution in [0.5, 0.6) is 0 Å². The number of hydrogen-bond donors (Lipinski definition) is 11. The van der Waals surface area contributed by atoms with Gasteiger partial charge in [0.15, 0.2) is 5.96 Å². The number of carbonyl (C=O) groups is 7. The average Bonchev–Trinajstić information content (AvgIpc) is 4.00. The van der Waals surface area contributed by atoms with Crippen LogP contribution in [0.15, 0.2) is 90.4 Å². The fraction of sp³-hybridized carbons (Fsp3) is 0.408. The normalized spacial score (nSPS) is 21.2. The van der Waals surface area contributed by atoms with Crippen LogP contribution in [-0.4, -0.2) is 106 Å². The number of fused-ring (bicyclic) bond motifs is 2. The summed E-state index contributed by atoms with van der Waals surface area (Å²) in [5.41, 5.74) is 19.7. The Hall–Kier alpha value is -7.77. The quantitative estimate of drug-likeness (QED) is 0.0512. The van der Waals surface area contributed by atoms with Gasteiger partial charge in [0, 0.05) is 74.2 Å². The second-order valence-corrected chi connectivity index (χ2v) is 17.4. The smallest absolute Gasteiger partial charge is 0.243 e. The zero-order valence-corrected chi connectivity index (χ0v) is 38.6. The number of para-hydroxylation sites is 1. The van der Waals surface area contributed by atoms with Crippen molar-refractivity contribution < 1.29 is 33.6 Å². The maximum Gasteiger partial charge on any atom is 0.243 e. The lowest BCUT2D eigenvalue weighted by Crippen LogP contribution is -2.60. The molecule has 1 saturated heterocycles. The minimum atomic E-state index is -1.29. The summed E-state index contributed by atoms with van der Waals surface area (Å²) >= 11 is 0. The van der Waals surface area contributed by atoms with Crippen LogP contribution in [0.25, 0.3) is 21.7 Å². The largest absolute Gasteiger partial charge is 0.370 e. The van der Waals surface area contributed by atoms with Gasteiger partial charge in [0.1, 0.15) is 30.2 Å². The van der Waals surface area contributed by atoms with E-state index in [1.54, 1.807) is 6.20 Å². The van der Waals surface area contributed by atoms with Crippen LogP contribution in [0.3, 0.4) is 0 Å². The molecule has 20 nitrogen and oxygen atoms in total. The summed E-state index contributed by atoms with van der Waals surface area (Å²) in [7, 11) is 0. The van der Waals surface area contributed by atoms with Crippen molar-refractivity contribution >= 4 is 69.0 Å². The Morgan fingerprint density at radius 1 is 0.652 bits per heavy atom. The van der Waals surface area contributed by atoms with Crippen molar-refractivity contribution in [2.75, 3.05) is 13.1 Å². The molecule has 0 radical (unpaired) electrons. The number of nitrogens with two attached hydrogens (primary N) is 3. The number of hydrogen-bond acceptors (Lipinski definition) is 9. The molecule has 20 heteroatoms. The Kier molecular flexibility index (Phi) is 18.6. The van der Waals surface area contributed by atoms with E-state index in [2.05, 4.69) is 51.8 Å². The van der Waals surface area contributed by atoms with E-state index in [0.717, 1.165) is 21.7 Å². The van der Waals surface area contributed by atoms with Gasteiger partial charge in [-0.25, -0.2) is 4.98 Å². The summed E-state index contributed by atoms with van der Waals surface area (Å²) < 4.78 is 0. The zero-order valence-electron chi connectivity index (χ0n) is 38.6. The van der Waals surface area contributed by atoms with E-state index in [9.17, 15) is 33.6 Å². The summed E-state index contributed by atoms with van der Waals surface area (Å²) in [5, 5.41) is 19.7. The second-order valence-electron chi connectivity index (χ2n) is 17.4. The highest BCUT2D eigenvalue weighted by Crippen LogP contribution is 2.21. The van der Waals surface area contributed by atoms with Crippen LogP contribution in [0.2, 0.25) is 0 Å². The lowest BCUT2D eigenvalue weighted by molar-refractivity contribution is -0.135. The van der Waals surface area contributed by atoms with Crippen molar-refractivity contribution in [3.8, 4) is 0 Å². The molecule has 0 bridgehead atoms. The molecule has 1 aliphatic rings. The molecule has 69 heavy (non-hydrogen) atoms. The zero-order chi connectivity index (χ0) is 49.1. The van der Waals surface area contributed by atoms with Gasteiger partial charge >= 0.3 is 0 Å². The Bertz CT molecular complexity index is 2590. The highest BCUT2D eigenvalue weighted by atomic mass is 16.2. The first-order valence-electron chi connectivity index (χ1n) is 23.4. The average molecular weight is 946 g/mol. The molecule has 1 aliphatic heterocycles. The van der Waals surface area contributed by atoms with Crippen molar-refractivity contribution in [1.29, 1.82) is 0 Å². The van der Waals surface area contributed by atoms with E-state index in [1.807, 2.05) is 66.7 Å². The lowest BCUT2D eigenvalue weighted by atomic mass is 9.99. The van der Waals surface area contributed by atoms with Gasteiger partial charge in [-0.15, -0.1) is 0 Å². The van der Waals surface area contributed by atoms with E-state index < -0.39 is 65.7 Å². The number of rotatable bonds is 11. The Labute approximate surface area is 399 Å². The molecular weight excluding hydrogens is 883 g/mol. The molecule has 7 amide bonds. The molecule has 0 aliphatic carbocycles. The Morgan fingerprint density at radius 2 is 1.32 bits per heavy atom. The van der Waals surface area contributed by atoms with Crippen molar-refractivity contribution in [2.24, 2.45) is 22.2 Å². The monoisotopic (exact) mass is 945 g/mol. The molecule has 0 unspecified atom stereocenters. The number of primary amides is 1. The Morgan fingerprint density at radius 3 is 2.06 bits per heavy atom. The molecule has 366 valence electrons. The van der Waals surface area contributed by atoms with Crippen molar-refractivity contribution in [1.82, 2.24) is 46.9 Å². The van der Waals surface area contributed by atoms with Crippen molar-refractivity contribution in [2.45, 2.75) is 114 Å². The number of nitrogens with one attached hydrogen (secondary N) is 8.